The largest absolute Gasteiger partial charge is 0.434 e. The molecule has 7 nitrogen and oxygen atoms in total. The van der Waals surface area contributed by atoms with Crippen molar-refractivity contribution in [1.82, 2.24) is 24.8 Å². The lowest BCUT2D eigenvalue weighted by Gasteiger charge is -2.42. The number of benzene rings is 2. The van der Waals surface area contributed by atoms with Crippen LogP contribution < -0.4 is 10.1 Å². The zero-order valence-electron chi connectivity index (χ0n) is 26.1. The standard InChI is InChI=1S/C32H36F5N5O2Si/c1-30(2,3)45(6,7)44-31(4,5)28-38-15-18(16-39-28)17-11-12-20-22(13-17)42-23-14-21(27(42)41-20)40-26(32(35,36)37)19-9-8-10-24(25(19)23)43-29(33)34/h8-13,15-16,21,23,26,29,40H,14H2,1-7H3/t21-,23-,26?/m1/s1. The highest BCUT2D eigenvalue weighted by Crippen LogP contribution is 2.52. The summed E-state index contributed by atoms with van der Waals surface area (Å²) in [6, 6.07) is 5.93. The normalized spacial score (nSPS) is 20.3. The van der Waals surface area contributed by atoms with Gasteiger partial charge in [-0.3, -0.25) is 5.32 Å². The van der Waals surface area contributed by atoms with E-state index in [4.69, 9.17) is 14.1 Å². The van der Waals surface area contributed by atoms with E-state index in [9.17, 15) is 22.0 Å². The Kier molecular flexibility index (Phi) is 7.41. The fourth-order valence-corrected chi connectivity index (χ4v) is 7.92. The number of rotatable bonds is 6. The van der Waals surface area contributed by atoms with E-state index < -0.39 is 44.8 Å². The van der Waals surface area contributed by atoms with Crippen LogP contribution in [0.15, 0.2) is 48.8 Å². The van der Waals surface area contributed by atoms with Gasteiger partial charge in [-0.1, -0.05) is 39.0 Å². The van der Waals surface area contributed by atoms with Crippen LogP contribution in [-0.2, 0) is 10.0 Å². The van der Waals surface area contributed by atoms with Gasteiger partial charge in [-0.05, 0) is 67.7 Å². The Morgan fingerprint density at radius 2 is 1.67 bits per heavy atom. The molecule has 13 heteroatoms. The lowest BCUT2D eigenvalue weighted by Crippen LogP contribution is -2.46. The molecular formula is C32H36F5N5O2Si. The first-order valence-electron chi connectivity index (χ1n) is 14.8. The van der Waals surface area contributed by atoms with Crippen LogP contribution in [0.2, 0.25) is 18.1 Å². The topological polar surface area (TPSA) is 74.1 Å². The van der Waals surface area contributed by atoms with E-state index in [1.165, 1.54) is 18.2 Å². The van der Waals surface area contributed by atoms with Gasteiger partial charge in [-0.25, -0.2) is 15.0 Å². The van der Waals surface area contributed by atoms with Gasteiger partial charge in [0.15, 0.2) is 14.1 Å². The minimum Gasteiger partial charge on any atom is -0.434 e. The van der Waals surface area contributed by atoms with Crippen molar-refractivity contribution in [2.45, 2.75) is 95.7 Å². The maximum absolute atomic E-state index is 14.3. The molecule has 4 aromatic rings. The van der Waals surface area contributed by atoms with Crippen molar-refractivity contribution >= 4 is 19.4 Å². The number of ether oxygens (including phenoxy) is 1. The minimum absolute atomic E-state index is 0.0124. The monoisotopic (exact) mass is 645 g/mol. The van der Waals surface area contributed by atoms with Crippen molar-refractivity contribution < 1.29 is 31.1 Å². The van der Waals surface area contributed by atoms with Crippen LogP contribution >= 0.6 is 0 Å². The Morgan fingerprint density at radius 3 is 2.29 bits per heavy atom. The number of hydrogen-bond acceptors (Lipinski definition) is 6. The van der Waals surface area contributed by atoms with Crippen molar-refractivity contribution in [3.8, 4) is 16.9 Å². The molecule has 0 spiro atoms. The highest BCUT2D eigenvalue weighted by Gasteiger charge is 2.50. The summed E-state index contributed by atoms with van der Waals surface area (Å²) < 4.78 is 82.9. The van der Waals surface area contributed by atoms with Crippen molar-refractivity contribution in [1.29, 1.82) is 0 Å². The summed E-state index contributed by atoms with van der Waals surface area (Å²) in [6.45, 7) is 11.6. The van der Waals surface area contributed by atoms with Gasteiger partial charge in [0.05, 0.1) is 23.1 Å². The van der Waals surface area contributed by atoms with E-state index >= 15 is 0 Å². The third-order valence-corrected chi connectivity index (χ3v) is 13.9. The second-order valence-electron chi connectivity index (χ2n) is 13.8. The molecule has 1 unspecified atom stereocenters. The van der Waals surface area contributed by atoms with Gasteiger partial charge in [-0.15, -0.1) is 0 Å². The van der Waals surface area contributed by atoms with E-state index in [-0.39, 0.29) is 28.3 Å². The third kappa shape index (κ3) is 5.52. The maximum atomic E-state index is 14.3. The summed E-state index contributed by atoms with van der Waals surface area (Å²) in [5.41, 5.74) is 1.98. The molecule has 0 fully saturated rings. The van der Waals surface area contributed by atoms with Crippen LogP contribution in [0.1, 0.15) is 81.9 Å². The molecule has 2 aliphatic heterocycles. The fourth-order valence-electron chi connectivity index (χ4n) is 6.24. The zero-order valence-corrected chi connectivity index (χ0v) is 27.1. The van der Waals surface area contributed by atoms with Crippen LogP contribution in [0.4, 0.5) is 22.0 Å². The van der Waals surface area contributed by atoms with Gasteiger partial charge in [0.25, 0.3) is 0 Å². The molecule has 2 bridgehead atoms. The summed E-state index contributed by atoms with van der Waals surface area (Å²) in [7, 11) is -2.11. The highest BCUT2D eigenvalue weighted by atomic mass is 28.4. The summed E-state index contributed by atoms with van der Waals surface area (Å²) in [5.74, 6) is 0.692. The first kappa shape index (κ1) is 31.6. The van der Waals surface area contributed by atoms with Crippen LogP contribution in [0, 0.1) is 0 Å². The molecule has 3 atom stereocenters. The van der Waals surface area contributed by atoms with Crippen LogP contribution in [-0.4, -0.2) is 40.6 Å². The quantitative estimate of drug-likeness (QED) is 0.167. The SMILES string of the molecule is CC(C)(O[Si](C)(C)C(C)(C)C)c1ncc(-c2ccc3nc4n(c3c2)[C@@H]2C[C@H]4NC(C(F)(F)F)c3cccc(OC(F)F)c32)cn1. The van der Waals surface area contributed by atoms with E-state index in [1.54, 1.807) is 18.5 Å². The van der Waals surface area contributed by atoms with Crippen LogP contribution in [0.25, 0.3) is 22.2 Å². The zero-order chi connectivity index (χ0) is 32.7. The van der Waals surface area contributed by atoms with Crippen molar-refractivity contribution in [2.75, 3.05) is 0 Å². The Labute approximate surface area is 259 Å². The smallest absolute Gasteiger partial charge is 0.407 e. The molecule has 2 aliphatic rings. The summed E-state index contributed by atoms with van der Waals surface area (Å²) >= 11 is 0. The maximum Gasteiger partial charge on any atom is 0.407 e. The van der Waals surface area contributed by atoms with Gasteiger partial charge in [0, 0.05) is 23.5 Å². The second-order valence-corrected chi connectivity index (χ2v) is 18.5. The fraction of sp³-hybridized carbons (Fsp3) is 0.469. The molecule has 0 amide bonds. The number of nitrogens with one attached hydrogen (secondary N) is 1. The molecular weight excluding hydrogens is 609 g/mol. The van der Waals surface area contributed by atoms with E-state index in [0.29, 0.717) is 22.7 Å². The van der Waals surface area contributed by atoms with Gasteiger partial charge >= 0.3 is 12.8 Å². The number of fused-ring (bicyclic) bond motifs is 9. The molecule has 45 heavy (non-hydrogen) atoms. The van der Waals surface area contributed by atoms with Crippen molar-refractivity contribution in [3.05, 3.63) is 71.6 Å². The average Bonchev–Trinajstić information content (AvgIpc) is 3.39. The Hall–Kier alpha value is -3.42. The Balaban J connectivity index is 1.40. The van der Waals surface area contributed by atoms with Gasteiger partial charge in [0.1, 0.15) is 23.2 Å². The lowest BCUT2D eigenvalue weighted by atomic mass is 9.94. The average molecular weight is 646 g/mol. The van der Waals surface area contributed by atoms with Crippen molar-refractivity contribution in [2.24, 2.45) is 0 Å². The Morgan fingerprint density at radius 1 is 0.978 bits per heavy atom. The molecule has 0 aliphatic carbocycles. The molecule has 240 valence electrons. The minimum atomic E-state index is -4.66. The van der Waals surface area contributed by atoms with Crippen LogP contribution in [0.3, 0.4) is 0 Å². The molecule has 0 saturated heterocycles. The van der Waals surface area contributed by atoms with E-state index in [2.05, 4.69) is 49.1 Å². The first-order valence-corrected chi connectivity index (χ1v) is 17.7. The summed E-state index contributed by atoms with van der Waals surface area (Å²) in [5, 5.41) is 2.72. The molecule has 2 aromatic carbocycles. The summed E-state index contributed by atoms with van der Waals surface area (Å²) in [4.78, 5) is 14.0. The highest BCUT2D eigenvalue weighted by molar-refractivity contribution is 6.74. The Bertz CT molecular complexity index is 1750. The molecule has 4 heterocycles. The predicted molar refractivity (Wildman–Crippen MR) is 163 cm³/mol. The molecule has 6 rings (SSSR count). The number of hydrogen-bond donors (Lipinski definition) is 1. The number of halogens is 5. The van der Waals surface area contributed by atoms with Crippen LogP contribution in [0.5, 0.6) is 5.75 Å². The number of alkyl halides is 5. The third-order valence-electron chi connectivity index (χ3n) is 9.29. The first-order chi connectivity index (χ1) is 20.9. The number of aromatic nitrogens is 4. The predicted octanol–water partition coefficient (Wildman–Crippen LogP) is 8.59. The van der Waals surface area contributed by atoms with E-state index in [0.717, 1.165) is 11.1 Å². The van der Waals surface area contributed by atoms with Gasteiger partial charge in [0.2, 0.25) is 0 Å². The summed E-state index contributed by atoms with van der Waals surface area (Å²) in [6.07, 6.45) is -1.01. The number of imidazole rings is 1. The van der Waals surface area contributed by atoms with Crippen molar-refractivity contribution in [3.63, 3.8) is 0 Å². The van der Waals surface area contributed by atoms with Gasteiger partial charge < -0.3 is 13.7 Å². The number of nitrogens with zero attached hydrogens (tertiary/aromatic N) is 4. The lowest BCUT2D eigenvalue weighted by molar-refractivity contribution is -0.159. The van der Waals surface area contributed by atoms with E-state index in [1.807, 2.05) is 30.5 Å². The molecule has 2 aromatic heterocycles. The second kappa shape index (κ2) is 10.6. The van der Waals surface area contributed by atoms with Gasteiger partial charge in [-0.2, -0.15) is 22.0 Å². The molecule has 1 N–H and O–H groups in total. The molecule has 0 radical (unpaired) electrons. The molecule has 0 saturated carbocycles.